The van der Waals surface area contributed by atoms with Crippen molar-refractivity contribution >= 4 is 17.3 Å². The Morgan fingerprint density at radius 2 is 2.11 bits per heavy atom. The SMILES string of the molecule is CC(C)OCCOC(=O)c1cc([N+](=O)[O-])ccc1N. The van der Waals surface area contributed by atoms with E-state index in [1.165, 1.54) is 12.1 Å². The average Bonchev–Trinajstić information content (AvgIpc) is 2.34. The van der Waals surface area contributed by atoms with Gasteiger partial charge in [-0.3, -0.25) is 10.1 Å². The molecule has 0 aliphatic rings. The lowest BCUT2D eigenvalue weighted by molar-refractivity contribution is -0.384. The first-order chi connectivity index (χ1) is 8.91. The second kappa shape index (κ2) is 6.69. The summed E-state index contributed by atoms with van der Waals surface area (Å²) in [6.07, 6.45) is 0.0431. The molecule has 7 nitrogen and oxygen atoms in total. The van der Waals surface area contributed by atoms with Crippen molar-refractivity contribution in [2.24, 2.45) is 0 Å². The molecule has 1 aromatic rings. The number of non-ortho nitro benzene ring substituents is 1. The van der Waals surface area contributed by atoms with Crippen LogP contribution in [-0.2, 0) is 9.47 Å². The van der Waals surface area contributed by atoms with Gasteiger partial charge in [-0.25, -0.2) is 4.79 Å². The molecule has 19 heavy (non-hydrogen) atoms. The molecule has 0 fully saturated rings. The van der Waals surface area contributed by atoms with Crippen molar-refractivity contribution in [2.45, 2.75) is 20.0 Å². The summed E-state index contributed by atoms with van der Waals surface area (Å²) < 4.78 is 10.1. The number of nitrogens with zero attached hydrogens (tertiary/aromatic N) is 1. The first-order valence-electron chi connectivity index (χ1n) is 5.74. The Labute approximate surface area is 110 Å². The van der Waals surface area contributed by atoms with Crippen molar-refractivity contribution in [3.8, 4) is 0 Å². The molecule has 7 heteroatoms. The Kier molecular flexibility index (Phi) is 5.25. The summed E-state index contributed by atoms with van der Waals surface area (Å²) in [5, 5.41) is 10.6. The van der Waals surface area contributed by atoms with Crippen LogP contribution < -0.4 is 5.73 Å². The number of nitro benzene ring substituents is 1. The molecule has 0 saturated heterocycles. The van der Waals surface area contributed by atoms with E-state index in [1.54, 1.807) is 0 Å². The molecular formula is C12H16N2O5. The molecular weight excluding hydrogens is 252 g/mol. The van der Waals surface area contributed by atoms with E-state index in [1.807, 2.05) is 13.8 Å². The summed E-state index contributed by atoms with van der Waals surface area (Å²) in [4.78, 5) is 21.7. The largest absolute Gasteiger partial charge is 0.460 e. The van der Waals surface area contributed by atoms with E-state index in [9.17, 15) is 14.9 Å². The first kappa shape index (κ1) is 14.9. The van der Waals surface area contributed by atoms with Crippen LogP contribution in [0.4, 0.5) is 11.4 Å². The first-order valence-corrected chi connectivity index (χ1v) is 5.74. The molecule has 0 aliphatic carbocycles. The lowest BCUT2D eigenvalue weighted by Crippen LogP contribution is -2.14. The van der Waals surface area contributed by atoms with Crippen LogP contribution >= 0.6 is 0 Å². The van der Waals surface area contributed by atoms with Crippen LogP contribution in [0.15, 0.2) is 18.2 Å². The van der Waals surface area contributed by atoms with Crippen LogP contribution in [0.3, 0.4) is 0 Å². The van der Waals surface area contributed by atoms with Gasteiger partial charge in [-0.2, -0.15) is 0 Å². The Bertz CT molecular complexity index is 473. The zero-order chi connectivity index (χ0) is 14.4. The van der Waals surface area contributed by atoms with Crippen molar-refractivity contribution in [3.05, 3.63) is 33.9 Å². The highest BCUT2D eigenvalue weighted by Crippen LogP contribution is 2.20. The molecule has 0 heterocycles. The van der Waals surface area contributed by atoms with Crippen molar-refractivity contribution in [1.82, 2.24) is 0 Å². The number of anilines is 1. The highest BCUT2D eigenvalue weighted by molar-refractivity contribution is 5.95. The summed E-state index contributed by atoms with van der Waals surface area (Å²) in [6.45, 7) is 4.05. The van der Waals surface area contributed by atoms with Crippen molar-refractivity contribution in [1.29, 1.82) is 0 Å². The van der Waals surface area contributed by atoms with Gasteiger partial charge in [0.15, 0.2) is 0 Å². The summed E-state index contributed by atoms with van der Waals surface area (Å²) >= 11 is 0. The molecule has 104 valence electrons. The average molecular weight is 268 g/mol. The van der Waals surface area contributed by atoms with Crippen molar-refractivity contribution in [2.75, 3.05) is 18.9 Å². The number of ether oxygens (including phenoxy) is 2. The van der Waals surface area contributed by atoms with E-state index in [4.69, 9.17) is 15.2 Å². The Hall–Kier alpha value is -2.15. The van der Waals surface area contributed by atoms with Gasteiger partial charge in [-0.15, -0.1) is 0 Å². The topological polar surface area (TPSA) is 105 Å². The van der Waals surface area contributed by atoms with Crippen LogP contribution in [0.1, 0.15) is 24.2 Å². The van der Waals surface area contributed by atoms with Gasteiger partial charge >= 0.3 is 5.97 Å². The fraction of sp³-hybridized carbons (Fsp3) is 0.417. The van der Waals surface area contributed by atoms with Gasteiger partial charge in [0.2, 0.25) is 0 Å². The number of carbonyl (C=O) groups is 1. The minimum absolute atomic E-state index is 0.0150. The molecule has 2 N–H and O–H groups in total. The van der Waals surface area contributed by atoms with E-state index in [0.717, 1.165) is 6.07 Å². The van der Waals surface area contributed by atoms with Crippen LogP contribution in [0, 0.1) is 10.1 Å². The number of rotatable bonds is 6. The van der Waals surface area contributed by atoms with Gasteiger partial charge in [0.25, 0.3) is 5.69 Å². The summed E-state index contributed by atoms with van der Waals surface area (Å²) in [6, 6.07) is 3.63. The molecule has 0 amide bonds. The molecule has 0 bridgehead atoms. The predicted molar refractivity (Wildman–Crippen MR) is 68.9 cm³/mol. The third kappa shape index (κ3) is 4.55. The van der Waals surface area contributed by atoms with Crippen LogP contribution in [0.2, 0.25) is 0 Å². The fourth-order valence-corrected chi connectivity index (χ4v) is 1.33. The predicted octanol–water partition coefficient (Wildman–Crippen LogP) is 1.76. The second-order valence-electron chi connectivity index (χ2n) is 4.08. The molecule has 0 unspecified atom stereocenters. The maximum atomic E-state index is 11.7. The summed E-state index contributed by atoms with van der Waals surface area (Å²) in [5.74, 6) is -0.700. The highest BCUT2D eigenvalue weighted by Gasteiger charge is 2.16. The summed E-state index contributed by atoms with van der Waals surface area (Å²) in [5.41, 5.74) is 5.50. The Balaban J connectivity index is 2.66. The molecule has 0 spiro atoms. The Morgan fingerprint density at radius 3 is 2.68 bits per heavy atom. The van der Waals surface area contributed by atoms with Crippen LogP contribution in [-0.4, -0.2) is 30.2 Å². The van der Waals surface area contributed by atoms with Gasteiger partial charge in [0, 0.05) is 17.8 Å². The van der Waals surface area contributed by atoms with Gasteiger partial charge in [-0.1, -0.05) is 0 Å². The van der Waals surface area contributed by atoms with E-state index in [-0.39, 0.29) is 36.3 Å². The van der Waals surface area contributed by atoms with E-state index in [0.29, 0.717) is 0 Å². The zero-order valence-electron chi connectivity index (χ0n) is 10.8. The van der Waals surface area contributed by atoms with Gasteiger partial charge < -0.3 is 15.2 Å². The number of nitrogen functional groups attached to an aromatic ring is 1. The minimum atomic E-state index is -0.700. The monoisotopic (exact) mass is 268 g/mol. The number of hydrogen-bond acceptors (Lipinski definition) is 6. The molecule has 1 rings (SSSR count). The summed E-state index contributed by atoms with van der Waals surface area (Å²) in [7, 11) is 0. The van der Waals surface area contributed by atoms with E-state index < -0.39 is 10.9 Å². The maximum Gasteiger partial charge on any atom is 0.340 e. The lowest BCUT2D eigenvalue weighted by Gasteiger charge is -2.09. The minimum Gasteiger partial charge on any atom is -0.460 e. The Morgan fingerprint density at radius 1 is 1.42 bits per heavy atom. The second-order valence-corrected chi connectivity index (χ2v) is 4.08. The third-order valence-corrected chi connectivity index (χ3v) is 2.24. The molecule has 1 aromatic carbocycles. The molecule has 0 aromatic heterocycles. The van der Waals surface area contributed by atoms with Crippen LogP contribution in [0.25, 0.3) is 0 Å². The maximum absolute atomic E-state index is 11.7. The number of nitrogens with two attached hydrogens (primary N) is 1. The number of esters is 1. The molecule has 0 aliphatic heterocycles. The molecule has 0 atom stereocenters. The molecule has 0 saturated carbocycles. The standard InChI is InChI=1S/C12H16N2O5/c1-8(2)18-5-6-19-12(15)10-7-9(14(16)17)3-4-11(10)13/h3-4,7-8H,5-6,13H2,1-2H3. The van der Waals surface area contributed by atoms with E-state index in [2.05, 4.69) is 0 Å². The quantitative estimate of drug-likeness (QED) is 0.277. The zero-order valence-corrected chi connectivity index (χ0v) is 10.8. The number of hydrogen-bond donors (Lipinski definition) is 1. The van der Waals surface area contributed by atoms with Crippen molar-refractivity contribution in [3.63, 3.8) is 0 Å². The normalized spacial score (nSPS) is 10.5. The smallest absolute Gasteiger partial charge is 0.340 e. The number of carbonyl (C=O) groups excluding carboxylic acids is 1. The fourth-order valence-electron chi connectivity index (χ4n) is 1.33. The molecule has 0 radical (unpaired) electrons. The van der Waals surface area contributed by atoms with Crippen molar-refractivity contribution < 1.29 is 19.2 Å². The van der Waals surface area contributed by atoms with Gasteiger partial charge in [-0.05, 0) is 19.9 Å². The highest BCUT2D eigenvalue weighted by atomic mass is 16.6. The van der Waals surface area contributed by atoms with Gasteiger partial charge in [0.05, 0.1) is 23.2 Å². The number of benzene rings is 1. The van der Waals surface area contributed by atoms with Gasteiger partial charge in [0.1, 0.15) is 6.61 Å². The number of nitro groups is 1. The lowest BCUT2D eigenvalue weighted by atomic mass is 10.1. The van der Waals surface area contributed by atoms with Crippen LogP contribution in [0.5, 0.6) is 0 Å². The third-order valence-electron chi connectivity index (χ3n) is 2.24. The van der Waals surface area contributed by atoms with E-state index >= 15 is 0 Å².